The molecule has 1 heterocycles. The molecule has 0 aromatic rings. The first kappa shape index (κ1) is 14.5. The predicted molar refractivity (Wildman–Crippen MR) is 83.5 cm³/mol. The molecule has 5 atom stereocenters. The van der Waals surface area contributed by atoms with Crippen molar-refractivity contribution in [3.05, 3.63) is 0 Å². The molecular weight excluding hydrogens is 276 g/mol. The zero-order valence-corrected chi connectivity index (χ0v) is 13.6. The molecule has 3 aliphatic carbocycles. The number of carbonyl (C=O) groups excluding carboxylic acids is 2. The molecule has 4 rings (SSSR count). The van der Waals surface area contributed by atoms with Gasteiger partial charge in [-0.2, -0.15) is 0 Å². The smallest absolute Gasteiger partial charge is 0.241 e. The molecule has 2 amide bonds. The lowest BCUT2D eigenvalue weighted by Gasteiger charge is -2.44. The second-order valence-electron chi connectivity index (χ2n) is 8.33. The van der Waals surface area contributed by atoms with Gasteiger partial charge in [0.05, 0.1) is 12.0 Å². The molecule has 3 saturated carbocycles. The summed E-state index contributed by atoms with van der Waals surface area (Å²) in [6.45, 7) is 2.22. The van der Waals surface area contributed by atoms with E-state index in [0.717, 1.165) is 31.1 Å². The molecule has 2 bridgehead atoms. The van der Waals surface area contributed by atoms with Crippen LogP contribution in [0.2, 0.25) is 0 Å². The predicted octanol–water partition coefficient (Wildman–Crippen LogP) is 3.03. The fourth-order valence-electron chi connectivity index (χ4n) is 5.88. The highest BCUT2D eigenvalue weighted by Crippen LogP contribution is 2.50. The fraction of sp³-hybridized carbons (Fsp3) is 0.889. The molecule has 0 aromatic heterocycles. The highest BCUT2D eigenvalue weighted by Gasteiger charge is 2.52. The molecular formula is C18H28N2O2. The quantitative estimate of drug-likeness (QED) is 0.852. The number of nitrogens with zero attached hydrogens (tertiary/aromatic N) is 1. The molecule has 1 spiro atoms. The van der Waals surface area contributed by atoms with Crippen LogP contribution in [0.5, 0.6) is 0 Å². The molecule has 122 valence electrons. The molecule has 0 radical (unpaired) electrons. The summed E-state index contributed by atoms with van der Waals surface area (Å²) in [4.78, 5) is 25.0. The number of hydrazine groups is 1. The molecule has 0 aromatic carbocycles. The normalized spacial score (nSPS) is 43.9. The first-order valence-electron chi connectivity index (χ1n) is 9.21. The van der Waals surface area contributed by atoms with Crippen LogP contribution in [0.3, 0.4) is 0 Å². The van der Waals surface area contributed by atoms with Crippen molar-refractivity contribution in [3.63, 3.8) is 0 Å². The number of fused-ring (bicyclic) bond motifs is 2. The van der Waals surface area contributed by atoms with Crippen molar-refractivity contribution in [2.45, 2.75) is 76.7 Å². The van der Waals surface area contributed by atoms with E-state index >= 15 is 0 Å². The largest absolute Gasteiger partial charge is 0.273 e. The molecule has 22 heavy (non-hydrogen) atoms. The lowest BCUT2D eigenvalue weighted by Crippen LogP contribution is -2.56. The Labute approximate surface area is 133 Å². The number of hydrogen-bond donors (Lipinski definition) is 1. The topological polar surface area (TPSA) is 49.4 Å². The van der Waals surface area contributed by atoms with Gasteiger partial charge in [-0.3, -0.25) is 15.0 Å². The summed E-state index contributed by atoms with van der Waals surface area (Å²) < 4.78 is 0. The van der Waals surface area contributed by atoms with Gasteiger partial charge in [0.25, 0.3) is 0 Å². The summed E-state index contributed by atoms with van der Waals surface area (Å²) in [6.07, 6.45) is 10.9. The van der Waals surface area contributed by atoms with Crippen molar-refractivity contribution in [3.8, 4) is 0 Å². The first-order valence-corrected chi connectivity index (χ1v) is 9.21. The second kappa shape index (κ2) is 5.24. The minimum Gasteiger partial charge on any atom is -0.273 e. The molecule has 5 unspecified atom stereocenters. The van der Waals surface area contributed by atoms with Crippen LogP contribution in [-0.4, -0.2) is 22.4 Å². The Hall–Kier alpha value is -1.06. The van der Waals surface area contributed by atoms with Gasteiger partial charge in [0.1, 0.15) is 0 Å². The van der Waals surface area contributed by atoms with Gasteiger partial charge in [0.2, 0.25) is 11.8 Å². The molecule has 4 heteroatoms. The fourth-order valence-corrected chi connectivity index (χ4v) is 5.88. The number of nitrogens with one attached hydrogen (secondary N) is 1. The van der Waals surface area contributed by atoms with Gasteiger partial charge >= 0.3 is 0 Å². The Balaban J connectivity index is 1.49. The van der Waals surface area contributed by atoms with Gasteiger partial charge < -0.3 is 0 Å². The van der Waals surface area contributed by atoms with Crippen molar-refractivity contribution < 1.29 is 9.59 Å². The van der Waals surface area contributed by atoms with Gasteiger partial charge in [-0.05, 0) is 55.8 Å². The zero-order chi connectivity index (χ0) is 15.3. The lowest BCUT2D eigenvalue weighted by molar-refractivity contribution is -0.145. The molecule has 1 aliphatic heterocycles. The van der Waals surface area contributed by atoms with E-state index in [9.17, 15) is 9.59 Å². The van der Waals surface area contributed by atoms with E-state index in [-0.39, 0.29) is 17.4 Å². The lowest BCUT2D eigenvalue weighted by atomic mass is 9.71. The van der Waals surface area contributed by atoms with Crippen LogP contribution in [0.4, 0.5) is 0 Å². The van der Waals surface area contributed by atoms with Crippen molar-refractivity contribution in [2.75, 3.05) is 0 Å². The Morgan fingerprint density at radius 1 is 1.27 bits per heavy atom. The van der Waals surface area contributed by atoms with Crippen molar-refractivity contribution >= 4 is 11.8 Å². The maximum Gasteiger partial charge on any atom is 0.241 e. The minimum atomic E-state index is -0.232. The van der Waals surface area contributed by atoms with E-state index in [2.05, 4.69) is 12.3 Å². The standard InChI is InChI=1S/C18H28N2O2/c1-12-4-2-3-7-18(12)11-16(21)19-20(18)17(22)10-15-9-13-5-6-14(15)8-13/h12-15H,2-11H2,1H3,(H,19,21). The third kappa shape index (κ3) is 2.17. The van der Waals surface area contributed by atoms with Crippen LogP contribution in [0.1, 0.15) is 71.1 Å². The minimum absolute atomic E-state index is 0.0371. The van der Waals surface area contributed by atoms with Crippen molar-refractivity contribution in [2.24, 2.45) is 23.7 Å². The monoisotopic (exact) mass is 304 g/mol. The summed E-state index contributed by atoms with van der Waals surface area (Å²) in [5.74, 6) is 2.85. The number of rotatable bonds is 2. The molecule has 4 nitrogen and oxygen atoms in total. The second-order valence-corrected chi connectivity index (χ2v) is 8.33. The Morgan fingerprint density at radius 2 is 2.14 bits per heavy atom. The van der Waals surface area contributed by atoms with E-state index in [1.165, 1.54) is 32.1 Å². The first-order chi connectivity index (χ1) is 10.6. The van der Waals surface area contributed by atoms with E-state index in [4.69, 9.17) is 0 Å². The highest BCUT2D eigenvalue weighted by molar-refractivity contribution is 5.87. The van der Waals surface area contributed by atoms with Crippen LogP contribution in [0, 0.1) is 23.7 Å². The van der Waals surface area contributed by atoms with Crippen LogP contribution in [0.15, 0.2) is 0 Å². The van der Waals surface area contributed by atoms with Gasteiger partial charge in [-0.15, -0.1) is 0 Å². The Kier molecular flexibility index (Phi) is 3.46. The maximum absolute atomic E-state index is 13.0. The van der Waals surface area contributed by atoms with E-state index in [1.54, 1.807) is 5.01 Å². The van der Waals surface area contributed by atoms with E-state index in [1.807, 2.05) is 0 Å². The van der Waals surface area contributed by atoms with Crippen molar-refractivity contribution in [1.29, 1.82) is 0 Å². The van der Waals surface area contributed by atoms with Crippen LogP contribution < -0.4 is 5.43 Å². The number of hydrogen-bond acceptors (Lipinski definition) is 2. The van der Waals surface area contributed by atoms with Gasteiger partial charge in [0, 0.05) is 6.42 Å². The van der Waals surface area contributed by atoms with Gasteiger partial charge in [-0.25, -0.2) is 5.01 Å². The van der Waals surface area contributed by atoms with Crippen LogP contribution in [0.25, 0.3) is 0 Å². The Bertz CT molecular complexity index is 491. The molecule has 1 N–H and O–H groups in total. The summed E-state index contributed by atoms with van der Waals surface area (Å²) in [5, 5.41) is 1.78. The molecule has 4 aliphatic rings. The van der Waals surface area contributed by atoms with Crippen LogP contribution >= 0.6 is 0 Å². The Morgan fingerprint density at radius 3 is 2.82 bits per heavy atom. The van der Waals surface area contributed by atoms with Crippen LogP contribution in [-0.2, 0) is 9.59 Å². The molecule has 4 fully saturated rings. The van der Waals surface area contributed by atoms with E-state index in [0.29, 0.717) is 24.7 Å². The average Bonchev–Trinajstić information content (AvgIpc) is 3.17. The van der Waals surface area contributed by atoms with Gasteiger partial charge in [0.15, 0.2) is 0 Å². The average molecular weight is 304 g/mol. The summed E-state index contributed by atoms with van der Waals surface area (Å²) in [6, 6.07) is 0. The maximum atomic E-state index is 13.0. The number of amides is 2. The molecule has 1 saturated heterocycles. The highest BCUT2D eigenvalue weighted by atomic mass is 16.2. The van der Waals surface area contributed by atoms with E-state index < -0.39 is 0 Å². The summed E-state index contributed by atoms with van der Waals surface area (Å²) in [5.41, 5.74) is 2.68. The summed E-state index contributed by atoms with van der Waals surface area (Å²) >= 11 is 0. The van der Waals surface area contributed by atoms with Crippen molar-refractivity contribution in [1.82, 2.24) is 10.4 Å². The zero-order valence-electron chi connectivity index (χ0n) is 13.6. The third-order valence-electron chi connectivity index (χ3n) is 7.13. The van der Waals surface area contributed by atoms with Gasteiger partial charge in [-0.1, -0.05) is 26.2 Å². The number of carbonyl (C=O) groups is 2. The SMILES string of the molecule is CC1CCCCC12CC(=O)NN2C(=O)CC1CC2CCC1C2. The summed E-state index contributed by atoms with van der Waals surface area (Å²) in [7, 11) is 0. The third-order valence-corrected chi connectivity index (χ3v) is 7.13.